The number of likely N-dealkylation sites (tertiary alicyclic amines) is 1. The Labute approximate surface area is 235 Å². The number of amides is 3. The molecule has 0 aromatic heterocycles. The molecule has 0 unspecified atom stereocenters. The molecule has 2 aliphatic heterocycles. The Morgan fingerprint density at radius 3 is 2.52 bits per heavy atom. The van der Waals surface area contributed by atoms with Crippen LogP contribution in [0, 0.1) is 12.5 Å². The SMILES string of the molecule is [C-]#[N+]c1ccc2c(c1)[C@@H](N1CCCC1=O)[C@H](OC(=O)[C@@H](CC(C)C)NC(=O)CNC(=O)OC(C)(C)C)C(C)(C)O2. The van der Waals surface area contributed by atoms with E-state index in [1.807, 2.05) is 13.8 Å². The van der Waals surface area contributed by atoms with Crippen molar-refractivity contribution in [3.63, 3.8) is 0 Å². The van der Waals surface area contributed by atoms with Gasteiger partial charge in [-0.25, -0.2) is 14.4 Å². The second kappa shape index (κ2) is 12.1. The summed E-state index contributed by atoms with van der Waals surface area (Å²) in [6.45, 7) is 20.1. The van der Waals surface area contributed by atoms with Gasteiger partial charge in [-0.2, -0.15) is 0 Å². The molecule has 2 heterocycles. The van der Waals surface area contributed by atoms with E-state index in [1.54, 1.807) is 57.7 Å². The first-order valence-electron chi connectivity index (χ1n) is 13.6. The summed E-state index contributed by atoms with van der Waals surface area (Å²) in [5, 5.41) is 5.06. The molecule has 1 aromatic carbocycles. The number of esters is 1. The van der Waals surface area contributed by atoms with Crippen LogP contribution in [0.5, 0.6) is 5.75 Å². The van der Waals surface area contributed by atoms with Gasteiger partial charge in [0.2, 0.25) is 11.8 Å². The topological polar surface area (TPSA) is 128 Å². The fraction of sp³-hybridized carbons (Fsp3) is 0.621. The minimum Gasteiger partial charge on any atom is -0.484 e. The highest BCUT2D eigenvalue weighted by Crippen LogP contribution is 2.46. The van der Waals surface area contributed by atoms with Gasteiger partial charge in [0.15, 0.2) is 11.8 Å². The van der Waals surface area contributed by atoms with Gasteiger partial charge in [0.1, 0.15) is 35.6 Å². The maximum Gasteiger partial charge on any atom is 0.408 e. The summed E-state index contributed by atoms with van der Waals surface area (Å²) in [6.07, 6.45) is -0.320. The van der Waals surface area contributed by atoms with E-state index in [1.165, 1.54) is 0 Å². The van der Waals surface area contributed by atoms with Crippen LogP contribution < -0.4 is 15.4 Å². The lowest BCUT2D eigenvalue weighted by atomic mass is 9.85. The number of rotatable bonds is 8. The van der Waals surface area contributed by atoms with Crippen LogP contribution >= 0.6 is 0 Å². The van der Waals surface area contributed by atoms with E-state index < -0.39 is 47.4 Å². The lowest BCUT2D eigenvalue weighted by Gasteiger charge is -2.47. The predicted octanol–water partition coefficient (Wildman–Crippen LogP) is 4.04. The van der Waals surface area contributed by atoms with Crippen LogP contribution in [0.1, 0.15) is 79.3 Å². The quantitative estimate of drug-likeness (QED) is 0.365. The normalized spacial score (nSPS) is 20.6. The third-order valence-corrected chi connectivity index (χ3v) is 6.59. The van der Waals surface area contributed by atoms with Gasteiger partial charge >= 0.3 is 12.1 Å². The number of hydrogen-bond donors (Lipinski definition) is 2. The van der Waals surface area contributed by atoms with Crippen molar-refractivity contribution in [1.82, 2.24) is 15.5 Å². The van der Waals surface area contributed by atoms with Crippen LogP contribution in [0.15, 0.2) is 18.2 Å². The first kappa shape index (κ1) is 30.7. The molecule has 0 saturated carbocycles. The highest BCUT2D eigenvalue weighted by molar-refractivity contribution is 5.87. The molecule has 40 heavy (non-hydrogen) atoms. The van der Waals surface area contributed by atoms with E-state index in [0.717, 1.165) is 0 Å². The Bertz CT molecular complexity index is 1180. The molecular weight excluding hydrogens is 516 g/mol. The van der Waals surface area contributed by atoms with Crippen LogP contribution in [-0.4, -0.2) is 65.2 Å². The number of ether oxygens (including phenoxy) is 3. The molecule has 1 aromatic rings. The lowest BCUT2D eigenvalue weighted by Crippen LogP contribution is -2.57. The Hall–Kier alpha value is -3.81. The molecule has 1 saturated heterocycles. The number of nitrogens with zero attached hydrogens (tertiary/aromatic N) is 2. The van der Waals surface area contributed by atoms with Crippen molar-refractivity contribution in [2.24, 2.45) is 5.92 Å². The van der Waals surface area contributed by atoms with Crippen molar-refractivity contribution < 1.29 is 33.4 Å². The van der Waals surface area contributed by atoms with E-state index in [9.17, 15) is 19.2 Å². The Kier molecular flexibility index (Phi) is 9.33. The molecule has 0 radical (unpaired) electrons. The van der Waals surface area contributed by atoms with Crippen LogP contribution in [-0.2, 0) is 23.9 Å². The summed E-state index contributed by atoms with van der Waals surface area (Å²) in [7, 11) is 0. The number of benzene rings is 1. The zero-order valence-electron chi connectivity index (χ0n) is 24.3. The molecule has 3 amide bonds. The maximum absolute atomic E-state index is 13.6. The van der Waals surface area contributed by atoms with Gasteiger partial charge in [0.05, 0.1) is 6.57 Å². The van der Waals surface area contributed by atoms with E-state index in [2.05, 4.69) is 15.5 Å². The summed E-state index contributed by atoms with van der Waals surface area (Å²) in [5.74, 6) is -0.767. The fourth-order valence-electron chi connectivity index (χ4n) is 4.92. The number of fused-ring (bicyclic) bond motifs is 1. The third kappa shape index (κ3) is 7.64. The molecule has 0 aliphatic carbocycles. The third-order valence-electron chi connectivity index (χ3n) is 6.59. The van der Waals surface area contributed by atoms with Gasteiger partial charge < -0.3 is 29.7 Å². The fourth-order valence-corrected chi connectivity index (χ4v) is 4.92. The summed E-state index contributed by atoms with van der Waals surface area (Å²) < 4.78 is 17.5. The molecule has 3 rings (SSSR count). The average Bonchev–Trinajstić information content (AvgIpc) is 3.26. The Morgan fingerprint density at radius 1 is 1.25 bits per heavy atom. The molecule has 3 atom stereocenters. The Balaban J connectivity index is 1.85. The number of carbonyl (C=O) groups excluding carboxylic acids is 4. The van der Waals surface area contributed by atoms with Gasteiger partial charge in [0, 0.05) is 18.5 Å². The molecule has 0 bridgehead atoms. The summed E-state index contributed by atoms with van der Waals surface area (Å²) >= 11 is 0. The van der Waals surface area contributed by atoms with Crippen molar-refractivity contribution in [1.29, 1.82) is 0 Å². The molecule has 218 valence electrons. The molecule has 0 spiro atoms. The standard InChI is InChI=1S/C29H40N4O7/c1-17(2)14-20(32-22(34)16-31-27(37)40-28(3,4)5)26(36)38-25-24(33-13-9-10-23(33)35)19-15-18(30-8)11-12-21(19)39-29(25,6)7/h11-12,15,17,20,24-25H,9-10,13-14,16H2,1-7H3,(H,31,37)(H,32,34)/t20-,24-,25+/m1/s1. The Morgan fingerprint density at radius 2 is 1.95 bits per heavy atom. The van der Waals surface area contributed by atoms with Gasteiger partial charge in [-0.1, -0.05) is 19.9 Å². The van der Waals surface area contributed by atoms with Crippen LogP contribution in [0.2, 0.25) is 0 Å². The lowest BCUT2D eigenvalue weighted by molar-refractivity contribution is -0.176. The maximum atomic E-state index is 13.6. The first-order chi connectivity index (χ1) is 18.6. The van der Waals surface area contributed by atoms with Gasteiger partial charge in [-0.15, -0.1) is 0 Å². The van der Waals surface area contributed by atoms with E-state index in [-0.39, 0.29) is 24.8 Å². The molecular formula is C29H40N4O7. The van der Waals surface area contributed by atoms with Gasteiger partial charge in [-0.05, 0) is 65.5 Å². The second-order valence-corrected chi connectivity index (χ2v) is 12.1. The number of carbonyl (C=O) groups is 4. The number of alkyl carbamates (subject to hydrolysis) is 1. The monoisotopic (exact) mass is 556 g/mol. The van der Waals surface area contributed by atoms with Crippen LogP contribution in [0.4, 0.5) is 10.5 Å². The highest BCUT2D eigenvalue weighted by atomic mass is 16.6. The van der Waals surface area contributed by atoms with E-state index >= 15 is 0 Å². The first-order valence-corrected chi connectivity index (χ1v) is 13.6. The minimum absolute atomic E-state index is 0.0326. The molecule has 2 N–H and O–H groups in total. The van der Waals surface area contributed by atoms with Crippen molar-refractivity contribution in [2.45, 2.75) is 97.1 Å². The largest absolute Gasteiger partial charge is 0.484 e. The zero-order chi connectivity index (χ0) is 29.8. The van der Waals surface area contributed by atoms with Crippen molar-refractivity contribution >= 4 is 29.6 Å². The number of hydrogen-bond acceptors (Lipinski definition) is 7. The highest BCUT2D eigenvalue weighted by Gasteiger charge is 2.51. The molecule has 11 heteroatoms. The summed E-state index contributed by atoms with van der Waals surface area (Å²) in [4.78, 5) is 56.4. The average molecular weight is 557 g/mol. The van der Waals surface area contributed by atoms with Crippen LogP contribution in [0.3, 0.4) is 0 Å². The van der Waals surface area contributed by atoms with Gasteiger partial charge in [-0.3, -0.25) is 9.59 Å². The van der Waals surface area contributed by atoms with Gasteiger partial charge in [0.25, 0.3) is 0 Å². The van der Waals surface area contributed by atoms with Crippen LogP contribution in [0.25, 0.3) is 4.85 Å². The molecule has 2 aliphatic rings. The smallest absolute Gasteiger partial charge is 0.408 e. The van der Waals surface area contributed by atoms with Crippen molar-refractivity contribution in [3.8, 4) is 5.75 Å². The zero-order valence-corrected chi connectivity index (χ0v) is 24.3. The van der Waals surface area contributed by atoms with Crippen molar-refractivity contribution in [2.75, 3.05) is 13.1 Å². The summed E-state index contributed by atoms with van der Waals surface area (Å²) in [5.41, 5.74) is -0.764. The minimum atomic E-state index is -1.03. The second-order valence-electron chi connectivity index (χ2n) is 12.1. The predicted molar refractivity (Wildman–Crippen MR) is 147 cm³/mol. The molecule has 11 nitrogen and oxygen atoms in total. The van der Waals surface area contributed by atoms with E-state index in [0.29, 0.717) is 36.4 Å². The van der Waals surface area contributed by atoms with Crippen molar-refractivity contribution in [3.05, 3.63) is 35.2 Å². The number of nitrogens with one attached hydrogen (secondary N) is 2. The van der Waals surface area contributed by atoms with E-state index in [4.69, 9.17) is 20.8 Å². The molecule has 1 fully saturated rings. The summed E-state index contributed by atoms with van der Waals surface area (Å²) in [6, 6.07) is 3.36.